The molecular weight excluding hydrogens is 360 g/mol. The number of anilines is 1. The summed E-state index contributed by atoms with van der Waals surface area (Å²) in [4.78, 5) is 26.7. The number of hydrogen-bond donors (Lipinski definition) is 1. The minimum atomic E-state index is -0.489. The van der Waals surface area contributed by atoms with Crippen molar-refractivity contribution in [3.8, 4) is 0 Å². The van der Waals surface area contributed by atoms with E-state index in [1.165, 1.54) is 0 Å². The molecule has 0 aromatic heterocycles. The van der Waals surface area contributed by atoms with Crippen LogP contribution in [0.5, 0.6) is 0 Å². The van der Waals surface area contributed by atoms with E-state index in [-0.39, 0.29) is 11.8 Å². The lowest BCUT2D eigenvalue weighted by molar-refractivity contribution is -0.128. The first-order valence-corrected chi connectivity index (χ1v) is 9.66. The first-order valence-electron chi connectivity index (χ1n) is 9.28. The van der Waals surface area contributed by atoms with Crippen LogP contribution in [0.25, 0.3) is 0 Å². The Hall–Kier alpha value is -2.33. The maximum atomic E-state index is 13.2. The number of benzene rings is 2. The highest BCUT2D eigenvalue weighted by molar-refractivity contribution is 6.30. The maximum Gasteiger partial charge on any atom is 0.235 e. The number of nitrogens with zero attached hydrogens (tertiary/aromatic N) is 1. The molecule has 0 atom stereocenters. The minimum Gasteiger partial charge on any atom is -0.349 e. The van der Waals surface area contributed by atoms with Crippen LogP contribution in [-0.4, -0.2) is 30.8 Å². The lowest BCUT2D eigenvalue weighted by atomic mass is 9.63. The Kier molecular flexibility index (Phi) is 5.85. The third-order valence-corrected chi connectivity index (χ3v) is 5.66. The quantitative estimate of drug-likeness (QED) is 0.801. The molecule has 4 nitrogen and oxygen atoms in total. The van der Waals surface area contributed by atoms with E-state index in [1.807, 2.05) is 48.5 Å². The van der Waals surface area contributed by atoms with Crippen molar-refractivity contribution in [1.82, 2.24) is 4.90 Å². The molecule has 0 spiro atoms. The zero-order valence-electron chi connectivity index (χ0n) is 15.8. The van der Waals surface area contributed by atoms with Crippen LogP contribution < -0.4 is 5.32 Å². The van der Waals surface area contributed by atoms with E-state index >= 15 is 0 Å². The molecule has 0 radical (unpaired) electrons. The summed E-state index contributed by atoms with van der Waals surface area (Å²) in [6.45, 7) is 0. The average Bonchev–Trinajstić information content (AvgIpc) is 2.61. The van der Waals surface area contributed by atoms with Crippen molar-refractivity contribution in [3.63, 3.8) is 0 Å². The fourth-order valence-electron chi connectivity index (χ4n) is 3.51. The predicted molar refractivity (Wildman–Crippen MR) is 109 cm³/mol. The molecule has 27 heavy (non-hydrogen) atoms. The number of para-hydroxylation sites is 1. The fraction of sp³-hybridized carbons (Fsp3) is 0.364. The molecule has 0 aliphatic heterocycles. The molecule has 0 bridgehead atoms. The normalized spacial score (nSPS) is 14.9. The van der Waals surface area contributed by atoms with Crippen molar-refractivity contribution in [2.75, 3.05) is 19.4 Å². The molecule has 1 fully saturated rings. The topological polar surface area (TPSA) is 49.4 Å². The lowest BCUT2D eigenvalue weighted by Crippen LogP contribution is -2.46. The highest BCUT2D eigenvalue weighted by Gasteiger charge is 2.45. The Labute approximate surface area is 165 Å². The minimum absolute atomic E-state index is 0.0162. The summed E-state index contributed by atoms with van der Waals surface area (Å²) >= 11 is 6.00. The van der Waals surface area contributed by atoms with Crippen LogP contribution in [0, 0.1) is 0 Å². The van der Waals surface area contributed by atoms with Gasteiger partial charge in [0, 0.05) is 31.2 Å². The average molecular weight is 385 g/mol. The maximum absolute atomic E-state index is 13.2. The molecule has 0 heterocycles. The van der Waals surface area contributed by atoms with Gasteiger partial charge in [-0.3, -0.25) is 9.59 Å². The molecule has 1 saturated carbocycles. The summed E-state index contributed by atoms with van der Waals surface area (Å²) in [5.41, 5.74) is 2.29. The molecule has 2 amide bonds. The molecule has 0 unspecified atom stereocenters. The monoisotopic (exact) mass is 384 g/mol. The molecular formula is C22H25ClN2O2. The van der Waals surface area contributed by atoms with E-state index in [2.05, 4.69) is 5.32 Å². The van der Waals surface area contributed by atoms with Crippen LogP contribution in [0.3, 0.4) is 0 Å². The third-order valence-electron chi connectivity index (χ3n) is 5.41. The van der Waals surface area contributed by atoms with E-state index in [0.29, 0.717) is 17.9 Å². The van der Waals surface area contributed by atoms with Crippen LogP contribution in [0.15, 0.2) is 48.5 Å². The van der Waals surface area contributed by atoms with E-state index < -0.39 is 5.41 Å². The number of carbonyl (C=O) groups is 2. The molecule has 0 saturated heterocycles. The van der Waals surface area contributed by atoms with Gasteiger partial charge >= 0.3 is 0 Å². The second kappa shape index (κ2) is 8.13. The fourth-order valence-corrected chi connectivity index (χ4v) is 3.64. The summed E-state index contributed by atoms with van der Waals surface area (Å²) in [6.07, 6.45) is 3.72. The van der Waals surface area contributed by atoms with Crippen LogP contribution in [0.2, 0.25) is 5.02 Å². The number of hydrogen-bond acceptors (Lipinski definition) is 2. The van der Waals surface area contributed by atoms with Crippen molar-refractivity contribution in [2.24, 2.45) is 0 Å². The highest BCUT2D eigenvalue weighted by atomic mass is 35.5. The van der Waals surface area contributed by atoms with Gasteiger partial charge in [0.1, 0.15) is 0 Å². The van der Waals surface area contributed by atoms with E-state index in [9.17, 15) is 9.59 Å². The van der Waals surface area contributed by atoms with Crippen molar-refractivity contribution in [1.29, 1.82) is 0 Å². The second-order valence-electron chi connectivity index (χ2n) is 7.34. The zero-order chi connectivity index (χ0) is 19.4. The molecule has 1 aliphatic carbocycles. The Morgan fingerprint density at radius 3 is 2.33 bits per heavy atom. The van der Waals surface area contributed by atoms with Gasteiger partial charge in [-0.05, 0) is 48.6 Å². The Morgan fingerprint density at radius 2 is 1.74 bits per heavy atom. The standard InChI is InChI=1S/C22H25ClN2O2/c1-25(2)20(26)13-8-16-6-3-4-7-19(16)24-21(27)22(14-5-15-22)17-9-11-18(23)12-10-17/h3-4,6-7,9-12H,5,8,13-15H2,1-2H3,(H,24,27). The lowest BCUT2D eigenvalue weighted by Gasteiger charge is -2.41. The number of carbonyl (C=O) groups excluding carboxylic acids is 2. The largest absolute Gasteiger partial charge is 0.349 e. The van der Waals surface area contributed by atoms with Crippen molar-refractivity contribution in [2.45, 2.75) is 37.5 Å². The second-order valence-corrected chi connectivity index (χ2v) is 7.78. The van der Waals surface area contributed by atoms with Gasteiger partial charge < -0.3 is 10.2 Å². The Bertz CT molecular complexity index is 826. The van der Waals surface area contributed by atoms with E-state index in [0.717, 1.165) is 36.1 Å². The van der Waals surface area contributed by atoms with E-state index in [4.69, 9.17) is 11.6 Å². The molecule has 2 aromatic carbocycles. The van der Waals surface area contributed by atoms with Crippen LogP contribution in [0.4, 0.5) is 5.69 Å². The number of amides is 2. The van der Waals surface area contributed by atoms with Gasteiger partial charge in [0.15, 0.2) is 0 Å². The van der Waals surface area contributed by atoms with E-state index in [1.54, 1.807) is 19.0 Å². The number of rotatable bonds is 6. The molecule has 3 rings (SSSR count). The smallest absolute Gasteiger partial charge is 0.235 e. The van der Waals surface area contributed by atoms with Gasteiger partial charge in [-0.15, -0.1) is 0 Å². The molecule has 1 aliphatic rings. The van der Waals surface area contributed by atoms with Crippen LogP contribution >= 0.6 is 11.6 Å². The van der Waals surface area contributed by atoms with Gasteiger partial charge in [0.2, 0.25) is 11.8 Å². The van der Waals surface area contributed by atoms with Crippen molar-refractivity contribution >= 4 is 29.1 Å². The molecule has 1 N–H and O–H groups in total. The number of halogens is 1. The highest BCUT2D eigenvalue weighted by Crippen LogP contribution is 2.45. The first kappa shape index (κ1) is 19.4. The number of aryl methyl sites for hydroxylation is 1. The van der Waals surface area contributed by atoms with Gasteiger partial charge in [-0.1, -0.05) is 48.4 Å². The molecule has 5 heteroatoms. The van der Waals surface area contributed by atoms with Crippen molar-refractivity contribution in [3.05, 3.63) is 64.7 Å². The van der Waals surface area contributed by atoms with Gasteiger partial charge in [0.05, 0.1) is 5.41 Å². The summed E-state index contributed by atoms with van der Waals surface area (Å²) < 4.78 is 0. The van der Waals surface area contributed by atoms with Gasteiger partial charge in [-0.25, -0.2) is 0 Å². The Balaban J connectivity index is 1.77. The summed E-state index contributed by atoms with van der Waals surface area (Å²) in [5.74, 6) is 0.0928. The molecule has 142 valence electrons. The first-order chi connectivity index (χ1) is 12.9. The third kappa shape index (κ3) is 4.16. The van der Waals surface area contributed by atoms with Crippen LogP contribution in [-0.2, 0) is 21.4 Å². The van der Waals surface area contributed by atoms with Gasteiger partial charge in [-0.2, -0.15) is 0 Å². The zero-order valence-corrected chi connectivity index (χ0v) is 16.6. The van der Waals surface area contributed by atoms with Crippen LogP contribution in [0.1, 0.15) is 36.8 Å². The number of nitrogens with one attached hydrogen (secondary N) is 1. The Morgan fingerprint density at radius 1 is 1.07 bits per heavy atom. The SMILES string of the molecule is CN(C)C(=O)CCc1ccccc1NC(=O)C1(c2ccc(Cl)cc2)CCC1. The van der Waals surface area contributed by atoms with Gasteiger partial charge in [0.25, 0.3) is 0 Å². The predicted octanol–water partition coefficient (Wildman–Crippen LogP) is 4.42. The summed E-state index contributed by atoms with van der Waals surface area (Å²) in [5, 5.41) is 3.79. The molecule has 2 aromatic rings. The van der Waals surface area contributed by atoms with Crippen molar-refractivity contribution < 1.29 is 9.59 Å². The summed E-state index contributed by atoms with van der Waals surface area (Å²) in [6, 6.07) is 15.3. The summed E-state index contributed by atoms with van der Waals surface area (Å²) in [7, 11) is 3.50.